The normalized spacial score (nSPS) is 18.8. The standard InChI is InChI=1S/C19H22N2O3/c1-3-24-18-9-13(6-7-17(18)23-2)11-21-19(22)16-10-15(16)14-5-4-8-20-12-14/h4-9,12,15-16H,3,10-11H2,1-2H3,(H,21,22)/t15-,16-/m1/s1. The lowest BCUT2D eigenvalue weighted by Crippen LogP contribution is -2.24. The second-order valence-electron chi connectivity index (χ2n) is 5.87. The van der Waals surface area contributed by atoms with Gasteiger partial charge < -0.3 is 14.8 Å². The van der Waals surface area contributed by atoms with Gasteiger partial charge in [0, 0.05) is 24.9 Å². The van der Waals surface area contributed by atoms with Crippen LogP contribution in [0.2, 0.25) is 0 Å². The monoisotopic (exact) mass is 326 g/mol. The summed E-state index contributed by atoms with van der Waals surface area (Å²) in [5.41, 5.74) is 2.13. The molecule has 1 aromatic carbocycles. The van der Waals surface area contributed by atoms with Gasteiger partial charge in [0.2, 0.25) is 5.91 Å². The molecule has 24 heavy (non-hydrogen) atoms. The summed E-state index contributed by atoms with van der Waals surface area (Å²) in [5.74, 6) is 1.85. The second kappa shape index (κ2) is 7.34. The Balaban J connectivity index is 1.56. The Morgan fingerprint density at radius 3 is 2.92 bits per heavy atom. The average Bonchev–Trinajstić information content (AvgIpc) is 3.42. The molecule has 1 N–H and O–H groups in total. The van der Waals surface area contributed by atoms with Crippen LogP contribution in [0.5, 0.6) is 11.5 Å². The molecular formula is C19H22N2O3. The zero-order chi connectivity index (χ0) is 16.9. The number of benzene rings is 1. The Labute approximate surface area is 142 Å². The molecule has 0 unspecified atom stereocenters. The predicted octanol–water partition coefficient (Wildman–Crippen LogP) is 2.91. The second-order valence-corrected chi connectivity index (χ2v) is 5.87. The predicted molar refractivity (Wildman–Crippen MR) is 91.1 cm³/mol. The fraction of sp³-hybridized carbons (Fsp3) is 0.368. The van der Waals surface area contributed by atoms with Crippen LogP contribution in [0.3, 0.4) is 0 Å². The van der Waals surface area contributed by atoms with Gasteiger partial charge >= 0.3 is 0 Å². The fourth-order valence-electron chi connectivity index (χ4n) is 2.87. The highest BCUT2D eigenvalue weighted by atomic mass is 16.5. The molecule has 126 valence electrons. The first-order valence-corrected chi connectivity index (χ1v) is 8.20. The van der Waals surface area contributed by atoms with E-state index in [1.54, 1.807) is 13.3 Å². The first kappa shape index (κ1) is 16.3. The van der Waals surface area contributed by atoms with Gasteiger partial charge in [0.25, 0.3) is 0 Å². The number of nitrogens with one attached hydrogen (secondary N) is 1. The number of nitrogens with zero attached hydrogens (tertiary/aromatic N) is 1. The fourth-order valence-corrected chi connectivity index (χ4v) is 2.87. The summed E-state index contributed by atoms with van der Waals surface area (Å²) in [6.45, 7) is 2.99. The molecule has 3 rings (SSSR count). The highest BCUT2D eigenvalue weighted by Gasteiger charge is 2.43. The summed E-state index contributed by atoms with van der Waals surface area (Å²) in [6, 6.07) is 9.65. The van der Waals surface area contributed by atoms with E-state index in [1.165, 1.54) is 0 Å². The van der Waals surface area contributed by atoms with Gasteiger partial charge in [-0.2, -0.15) is 0 Å². The minimum atomic E-state index is 0.0545. The molecule has 1 aliphatic carbocycles. The van der Waals surface area contributed by atoms with Gasteiger partial charge in [0.1, 0.15) is 0 Å². The lowest BCUT2D eigenvalue weighted by Gasteiger charge is -2.11. The molecule has 1 aromatic heterocycles. The van der Waals surface area contributed by atoms with Crippen LogP contribution >= 0.6 is 0 Å². The van der Waals surface area contributed by atoms with Gasteiger partial charge in [-0.15, -0.1) is 0 Å². The van der Waals surface area contributed by atoms with E-state index in [0.717, 1.165) is 17.5 Å². The quantitative estimate of drug-likeness (QED) is 0.850. The van der Waals surface area contributed by atoms with E-state index in [0.29, 0.717) is 30.6 Å². The van der Waals surface area contributed by atoms with E-state index in [4.69, 9.17) is 9.47 Å². The average molecular weight is 326 g/mol. The van der Waals surface area contributed by atoms with Crippen molar-refractivity contribution in [2.75, 3.05) is 13.7 Å². The van der Waals surface area contributed by atoms with Crippen LogP contribution in [0.1, 0.15) is 30.4 Å². The maximum Gasteiger partial charge on any atom is 0.224 e. The number of amides is 1. The molecule has 0 bridgehead atoms. The maximum absolute atomic E-state index is 12.3. The highest BCUT2D eigenvalue weighted by Crippen LogP contribution is 2.47. The van der Waals surface area contributed by atoms with Crippen molar-refractivity contribution < 1.29 is 14.3 Å². The first-order chi connectivity index (χ1) is 11.7. The highest BCUT2D eigenvalue weighted by molar-refractivity contribution is 5.82. The Morgan fingerprint density at radius 1 is 1.33 bits per heavy atom. The van der Waals surface area contributed by atoms with Gasteiger partial charge in [-0.3, -0.25) is 9.78 Å². The molecule has 2 aromatic rings. The molecule has 0 aliphatic heterocycles. The summed E-state index contributed by atoms with van der Waals surface area (Å²) in [7, 11) is 1.62. The molecule has 1 amide bonds. The smallest absolute Gasteiger partial charge is 0.224 e. The zero-order valence-corrected chi connectivity index (χ0v) is 14.0. The molecule has 5 nitrogen and oxygen atoms in total. The minimum absolute atomic E-state index is 0.0545. The van der Waals surface area contributed by atoms with Crippen LogP contribution < -0.4 is 14.8 Å². The molecule has 0 saturated heterocycles. The van der Waals surface area contributed by atoms with E-state index in [-0.39, 0.29) is 11.8 Å². The molecule has 1 aliphatic rings. The van der Waals surface area contributed by atoms with Crippen LogP contribution in [-0.2, 0) is 11.3 Å². The van der Waals surface area contributed by atoms with Crippen LogP contribution in [-0.4, -0.2) is 24.6 Å². The number of pyridine rings is 1. The lowest BCUT2D eigenvalue weighted by atomic mass is 10.1. The molecule has 0 spiro atoms. The molecule has 5 heteroatoms. The Morgan fingerprint density at radius 2 is 2.21 bits per heavy atom. The third-order valence-electron chi connectivity index (χ3n) is 4.23. The van der Waals surface area contributed by atoms with Gasteiger partial charge in [0.15, 0.2) is 11.5 Å². The summed E-state index contributed by atoms with van der Waals surface area (Å²) in [5, 5.41) is 3.01. The van der Waals surface area contributed by atoms with Crippen molar-refractivity contribution in [3.05, 3.63) is 53.9 Å². The third-order valence-corrected chi connectivity index (χ3v) is 4.23. The number of hydrogen-bond acceptors (Lipinski definition) is 4. The number of carbonyl (C=O) groups excluding carboxylic acids is 1. The number of hydrogen-bond donors (Lipinski definition) is 1. The van der Waals surface area contributed by atoms with Crippen molar-refractivity contribution in [1.29, 1.82) is 0 Å². The third kappa shape index (κ3) is 3.67. The van der Waals surface area contributed by atoms with Crippen molar-refractivity contribution in [3.63, 3.8) is 0 Å². The van der Waals surface area contributed by atoms with Gasteiger partial charge in [0.05, 0.1) is 13.7 Å². The molecule has 1 fully saturated rings. The van der Waals surface area contributed by atoms with Crippen molar-refractivity contribution in [2.45, 2.75) is 25.8 Å². The zero-order valence-electron chi connectivity index (χ0n) is 14.0. The summed E-state index contributed by atoms with van der Waals surface area (Å²) < 4.78 is 10.8. The number of carbonyl (C=O) groups is 1. The van der Waals surface area contributed by atoms with E-state index >= 15 is 0 Å². The largest absolute Gasteiger partial charge is 0.493 e. The topological polar surface area (TPSA) is 60.5 Å². The molecule has 2 atom stereocenters. The molecular weight excluding hydrogens is 304 g/mol. The molecule has 1 heterocycles. The van der Waals surface area contributed by atoms with Crippen molar-refractivity contribution in [1.82, 2.24) is 10.3 Å². The molecule has 1 saturated carbocycles. The maximum atomic E-state index is 12.3. The van der Waals surface area contributed by atoms with Gasteiger partial charge in [-0.25, -0.2) is 0 Å². The van der Waals surface area contributed by atoms with E-state index in [2.05, 4.69) is 10.3 Å². The number of rotatable bonds is 7. The summed E-state index contributed by atoms with van der Waals surface area (Å²) >= 11 is 0. The number of methoxy groups -OCH3 is 1. The van der Waals surface area contributed by atoms with Crippen LogP contribution in [0.15, 0.2) is 42.7 Å². The van der Waals surface area contributed by atoms with Gasteiger partial charge in [-0.05, 0) is 48.6 Å². The van der Waals surface area contributed by atoms with Crippen LogP contribution in [0, 0.1) is 5.92 Å². The number of aromatic nitrogens is 1. The lowest BCUT2D eigenvalue weighted by molar-refractivity contribution is -0.122. The van der Waals surface area contributed by atoms with E-state index in [1.807, 2.05) is 43.5 Å². The first-order valence-electron chi connectivity index (χ1n) is 8.20. The Hall–Kier alpha value is -2.56. The van der Waals surface area contributed by atoms with E-state index in [9.17, 15) is 4.79 Å². The Kier molecular flexibility index (Phi) is 4.99. The van der Waals surface area contributed by atoms with Crippen molar-refractivity contribution in [2.24, 2.45) is 5.92 Å². The summed E-state index contributed by atoms with van der Waals surface area (Å²) in [6.07, 6.45) is 4.49. The Bertz CT molecular complexity index is 703. The van der Waals surface area contributed by atoms with E-state index < -0.39 is 0 Å². The minimum Gasteiger partial charge on any atom is -0.493 e. The van der Waals surface area contributed by atoms with Gasteiger partial charge in [-0.1, -0.05) is 12.1 Å². The van der Waals surface area contributed by atoms with Crippen LogP contribution in [0.4, 0.5) is 0 Å². The number of ether oxygens (including phenoxy) is 2. The SMILES string of the molecule is CCOc1cc(CNC(=O)[C@@H]2C[C@@H]2c2cccnc2)ccc1OC. The van der Waals surface area contributed by atoms with Crippen molar-refractivity contribution >= 4 is 5.91 Å². The van der Waals surface area contributed by atoms with Crippen LogP contribution in [0.25, 0.3) is 0 Å². The summed E-state index contributed by atoms with van der Waals surface area (Å²) in [4.78, 5) is 16.4. The van der Waals surface area contributed by atoms with Crippen molar-refractivity contribution in [3.8, 4) is 11.5 Å². The molecule has 0 radical (unpaired) electrons.